The van der Waals surface area contributed by atoms with Gasteiger partial charge in [0.25, 0.3) is 0 Å². The highest BCUT2D eigenvalue weighted by Crippen LogP contribution is 2.11. The molecule has 0 bridgehead atoms. The summed E-state index contributed by atoms with van der Waals surface area (Å²) in [7, 11) is 1.61. The van der Waals surface area contributed by atoms with E-state index >= 15 is 0 Å². The van der Waals surface area contributed by atoms with E-state index < -0.39 is 11.7 Å². The number of carbonyl (C=O) groups is 2. The molecule has 0 spiro atoms. The molecular weight excluding hydrogens is 310 g/mol. The monoisotopic (exact) mass is 335 g/mol. The van der Waals surface area contributed by atoms with Crippen LogP contribution in [0.25, 0.3) is 6.08 Å². The SMILES string of the molecule is COc1ccc(/C=C/NC(=O)NCCNC(=O)OC(C)(C)C)cc1. The van der Waals surface area contributed by atoms with Crippen LogP contribution in [-0.4, -0.2) is 37.9 Å². The predicted octanol–water partition coefficient (Wildman–Crippen LogP) is 2.49. The molecule has 0 unspecified atom stereocenters. The lowest BCUT2D eigenvalue weighted by Gasteiger charge is -2.19. The van der Waals surface area contributed by atoms with Crippen LogP contribution in [0.3, 0.4) is 0 Å². The Labute approximate surface area is 142 Å². The van der Waals surface area contributed by atoms with E-state index in [1.807, 2.05) is 24.3 Å². The summed E-state index contributed by atoms with van der Waals surface area (Å²) in [6, 6.07) is 7.06. The van der Waals surface area contributed by atoms with Crippen LogP contribution < -0.4 is 20.7 Å². The first-order valence-corrected chi connectivity index (χ1v) is 7.62. The average Bonchev–Trinajstić information content (AvgIpc) is 2.50. The van der Waals surface area contributed by atoms with Crippen LogP contribution in [0.15, 0.2) is 30.5 Å². The smallest absolute Gasteiger partial charge is 0.407 e. The van der Waals surface area contributed by atoms with Crippen LogP contribution in [0.2, 0.25) is 0 Å². The minimum Gasteiger partial charge on any atom is -0.497 e. The Morgan fingerprint density at radius 3 is 2.29 bits per heavy atom. The third-order valence-corrected chi connectivity index (χ3v) is 2.68. The number of rotatable bonds is 6. The largest absolute Gasteiger partial charge is 0.497 e. The van der Waals surface area contributed by atoms with Crippen molar-refractivity contribution in [2.24, 2.45) is 0 Å². The van der Waals surface area contributed by atoms with Gasteiger partial charge in [-0.15, -0.1) is 0 Å². The number of hydrogen-bond donors (Lipinski definition) is 3. The summed E-state index contributed by atoms with van der Waals surface area (Å²) in [5.41, 5.74) is 0.393. The lowest BCUT2D eigenvalue weighted by atomic mass is 10.2. The summed E-state index contributed by atoms with van der Waals surface area (Å²) >= 11 is 0. The summed E-state index contributed by atoms with van der Waals surface area (Å²) in [5.74, 6) is 0.773. The lowest BCUT2D eigenvalue weighted by Crippen LogP contribution is -2.40. The van der Waals surface area contributed by atoms with E-state index in [2.05, 4.69) is 16.0 Å². The number of benzene rings is 1. The first-order valence-electron chi connectivity index (χ1n) is 7.62. The van der Waals surface area contributed by atoms with Gasteiger partial charge in [0, 0.05) is 19.3 Å². The molecule has 0 saturated carbocycles. The maximum Gasteiger partial charge on any atom is 0.407 e. The standard InChI is InChI=1S/C17H25N3O4/c1-17(2,3)24-16(22)20-12-11-19-15(21)18-10-9-13-5-7-14(23-4)8-6-13/h5-10H,11-12H2,1-4H3,(H,20,22)(H2,18,19,21)/b10-9+. The number of ether oxygens (including phenoxy) is 2. The van der Waals surface area contributed by atoms with E-state index in [9.17, 15) is 9.59 Å². The average molecular weight is 335 g/mol. The summed E-state index contributed by atoms with van der Waals surface area (Å²) in [6.45, 7) is 5.93. The zero-order valence-corrected chi connectivity index (χ0v) is 14.5. The fourth-order valence-corrected chi connectivity index (χ4v) is 1.63. The van der Waals surface area contributed by atoms with Gasteiger partial charge in [-0.1, -0.05) is 12.1 Å². The van der Waals surface area contributed by atoms with Gasteiger partial charge in [0.2, 0.25) is 0 Å². The van der Waals surface area contributed by atoms with E-state index in [1.54, 1.807) is 40.2 Å². The predicted molar refractivity (Wildman–Crippen MR) is 92.8 cm³/mol. The highest BCUT2D eigenvalue weighted by atomic mass is 16.6. The summed E-state index contributed by atoms with van der Waals surface area (Å²) in [5, 5.41) is 7.75. The molecule has 24 heavy (non-hydrogen) atoms. The maximum absolute atomic E-state index is 11.6. The number of hydrogen-bond acceptors (Lipinski definition) is 4. The minimum atomic E-state index is -0.541. The van der Waals surface area contributed by atoms with Gasteiger partial charge in [-0.2, -0.15) is 0 Å². The lowest BCUT2D eigenvalue weighted by molar-refractivity contribution is 0.0528. The molecule has 3 amide bonds. The van der Waals surface area contributed by atoms with Gasteiger partial charge in [-0.3, -0.25) is 0 Å². The van der Waals surface area contributed by atoms with Crippen LogP contribution in [0.5, 0.6) is 5.75 Å². The van der Waals surface area contributed by atoms with Crippen molar-refractivity contribution >= 4 is 18.2 Å². The number of methoxy groups -OCH3 is 1. The number of amides is 3. The molecule has 1 rings (SSSR count). The molecule has 0 atom stereocenters. The third kappa shape index (κ3) is 8.67. The van der Waals surface area contributed by atoms with Crippen molar-refractivity contribution in [3.8, 4) is 5.75 Å². The maximum atomic E-state index is 11.6. The number of alkyl carbamates (subject to hydrolysis) is 1. The van der Waals surface area contributed by atoms with E-state index in [1.165, 1.54) is 0 Å². The molecule has 0 fully saturated rings. The molecule has 0 heterocycles. The zero-order chi connectivity index (χ0) is 18.0. The van der Waals surface area contributed by atoms with Crippen molar-refractivity contribution in [2.45, 2.75) is 26.4 Å². The van der Waals surface area contributed by atoms with Crippen LogP contribution in [0.1, 0.15) is 26.3 Å². The minimum absolute atomic E-state index is 0.282. The fourth-order valence-electron chi connectivity index (χ4n) is 1.63. The van der Waals surface area contributed by atoms with Crippen molar-refractivity contribution in [3.05, 3.63) is 36.0 Å². The van der Waals surface area contributed by atoms with Gasteiger partial charge in [-0.05, 0) is 44.5 Å². The highest BCUT2D eigenvalue weighted by molar-refractivity contribution is 5.76. The normalized spacial score (nSPS) is 11.0. The molecule has 1 aromatic carbocycles. The second-order valence-corrected chi connectivity index (χ2v) is 5.94. The highest BCUT2D eigenvalue weighted by Gasteiger charge is 2.15. The zero-order valence-electron chi connectivity index (χ0n) is 14.5. The molecule has 132 valence electrons. The Bertz CT molecular complexity index is 562. The second-order valence-electron chi connectivity index (χ2n) is 5.94. The van der Waals surface area contributed by atoms with Gasteiger partial charge in [-0.25, -0.2) is 9.59 Å². The van der Waals surface area contributed by atoms with E-state index in [4.69, 9.17) is 9.47 Å². The van der Waals surface area contributed by atoms with Gasteiger partial charge in [0.05, 0.1) is 7.11 Å². The first kappa shape index (κ1) is 19.3. The Kier molecular flexibility index (Phi) is 7.61. The Balaban J connectivity index is 2.19. The molecule has 7 nitrogen and oxygen atoms in total. The molecule has 1 aromatic rings. The number of nitrogens with one attached hydrogen (secondary N) is 3. The van der Waals surface area contributed by atoms with Gasteiger partial charge in [0.15, 0.2) is 0 Å². The quantitative estimate of drug-likeness (QED) is 0.697. The Morgan fingerprint density at radius 2 is 1.71 bits per heavy atom. The van der Waals surface area contributed by atoms with E-state index in [0.29, 0.717) is 6.54 Å². The molecular formula is C17H25N3O4. The van der Waals surface area contributed by atoms with Gasteiger partial charge in [0.1, 0.15) is 11.4 Å². The van der Waals surface area contributed by atoms with Crippen LogP contribution in [-0.2, 0) is 4.74 Å². The molecule has 0 radical (unpaired) electrons. The van der Waals surface area contributed by atoms with E-state index in [0.717, 1.165) is 11.3 Å². The molecule has 0 aliphatic carbocycles. The summed E-state index contributed by atoms with van der Waals surface area (Å²) in [4.78, 5) is 23.0. The molecule has 0 aliphatic rings. The second kappa shape index (κ2) is 9.44. The van der Waals surface area contributed by atoms with Gasteiger partial charge < -0.3 is 25.4 Å². The number of urea groups is 1. The van der Waals surface area contributed by atoms with Crippen molar-refractivity contribution in [3.63, 3.8) is 0 Å². The Morgan fingerprint density at radius 1 is 1.08 bits per heavy atom. The molecule has 0 aromatic heterocycles. The van der Waals surface area contributed by atoms with Crippen LogP contribution >= 0.6 is 0 Å². The first-order chi connectivity index (χ1) is 11.3. The molecule has 0 aliphatic heterocycles. The number of carbonyl (C=O) groups excluding carboxylic acids is 2. The molecule has 0 saturated heterocycles. The van der Waals surface area contributed by atoms with Crippen LogP contribution in [0.4, 0.5) is 9.59 Å². The van der Waals surface area contributed by atoms with Crippen molar-refractivity contribution in [1.82, 2.24) is 16.0 Å². The van der Waals surface area contributed by atoms with Crippen molar-refractivity contribution in [1.29, 1.82) is 0 Å². The van der Waals surface area contributed by atoms with Crippen molar-refractivity contribution < 1.29 is 19.1 Å². The van der Waals surface area contributed by atoms with E-state index in [-0.39, 0.29) is 12.6 Å². The van der Waals surface area contributed by atoms with Gasteiger partial charge >= 0.3 is 12.1 Å². The summed E-state index contributed by atoms with van der Waals surface area (Å²) < 4.78 is 10.1. The summed E-state index contributed by atoms with van der Waals surface area (Å²) in [6.07, 6.45) is 2.79. The third-order valence-electron chi connectivity index (χ3n) is 2.68. The molecule has 3 N–H and O–H groups in total. The fraction of sp³-hybridized carbons (Fsp3) is 0.412. The topological polar surface area (TPSA) is 88.7 Å². The molecule has 7 heteroatoms. The van der Waals surface area contributed by atoms with Crippen LogP contribution in [0, 0.1) is 0 Å². The Hall–Kier alpha value is -2.70. The van der Waals surface area contributed by atoms with Crippen molar-refractivity contribution in [2.75, 3.05) is 20.2 Å².